The quantitative estimate of drug-likeness (QED) is 0.828. The van der Waals surface area contributed by atoms with Gasteiger partial charge in [-0.25, -0.2) is 9.18 Å². The highest BCUT2D eigenvalue weighted by Gasteiger charge is 2.49. The van der Waals surface area contributed by atoms with E-state index in [2.05, 4.69) is 10.6 Å². The van der Waals surface area contributed by atoms with Crippen molar-refractivity contribution in [1.29, 1.82) is 0 Å². The van der Waals surface area contributed by atoms with Crippen molar-refractivity contribution in [3.05, 3.63) is 65.5 Å². The summed E-state index contributed by atoms with van der Waals surface area (Å²) in [5.74, 6) is -1.79. The molecule has 1 fully saturated rings. The molecule has 0 saturated carbocycles. The van der Waals surface area contributed by atoms with Gasteiger partial charge in [0.15, 0.2) is 0 Å². The molecule has 6 nitrogen and oxygen atoms in total. The van der Waals surface area contributed by atoms with Crippen molar-refractivity contribution < 1.29 is 18.8 Å². The molecule has 0 aliphatic carbocycles. The number of nitrogens with zero attached hydrogens (tertiary/aromatic N) is 1. The Labute approximate surface area is 150 Å². The summed E-state index contributed by atoms with van der Waals surface area (Å²) < 4.78 is 13.6. The molecule has 0 bridgehead atoms. The maximum absolute atomic E-state index is 13.6. The van der Waals surface area contributed by atoms with E-state index < -0.39 is 35.7 Å². The molecule has 3 rings (SSSR count). The molecule has 2 N–H and O–H groups in total. The van der Waals surface area contributed by atoms with Gasteiger partial charge in [-0.15, -0.1) is 0 Å². The molecule has 0 unspecified atom stereocenters. The molecule has 0 aromatic heterocycles. The third kappa shape index (κ3) is 3.15. The van der Waals surface area contributed by atoms with Crippen molar-refractivity contribution >= 4 is 23.5 Å². The Hall–Kier alpha value is -3.22. The molecule has 134 valence electrons. The molecule has 1 saturated heterocycles. The third-order valence-corrected chi connectivity index (χ3v) is 4.35. The van der Waals surface area contributed by atoms with E-state index in [1.54, 1.807) is 25.1 Å². The lowest BCUT2D eigenvalue weighted by Crippen LogP contribution is -2.42. The van der Waals surface area contributed by atoms with E-state index in [0.717, 1.165) is 10.5 Å². The largest absolute Gasteiger partial charge is 0.325 e. The van der Waals surface area contributed by atoms with E-state index in [0.29, 0.717) is 5.56 Å². The monoisotopic (exact) mass is 355 g/mol. The zero-order chi connectivity index (χ0) is 18.9. The predicted molar refractivity (Wildman–Crippen MR) is 93.8 cm³/mol. The Morgan fingerprint density at radius 3 is 2.46 bits per heavy atom. The molecule has 1 heterocycles. The SMILES string of the molecule is Cc1ccc([C@@]2(C)NC(=O)N(CC(=O)Nc3ccccc3F)C2=O)cc1. The number of aryl methyl sites for hydroxylation is 1. The minimum atomic E-state index is -1.25. The molecule has 2 aromatic carbocycles. The van der Waals surface area contributed by atoms with Gasteiger partial charge in [-0.05, 0) is 31.5 Å². The standard InChI is InChI=1S/C19H18FN3O3/c1-12-7-9-13(10-8-12)19(2)17(25)23(18(26)22-19)11-16(24)21-15-6-4-3-5-14(15)20/h3-10H,11H2,1-2H3,(H,21,24)(H,22,26)/t19-/m1/s1. The Morgan fingerprint density at radius 2 is 1.81 bits per heavy atom. The molecule has 1 aliphatic heterocycles. The van der Waals surface area contributed by atoms with E-state index in [4.69, 9.17) is 0 Å². The highest BCUT2D eigenvalue weighted by atomic mass is 19.1. The summed E-state index contributed by atoms with van der Waals surface area (Å²) in [5.41, 5.74) is 0.392. The van der Waals surface area contributed by atoms with Crippen molar-refractivity contribution in [2.75, 3.05) is 11.9 Å². The van der Waals surface area contributed by atoms with Crippen molar-refractivity contribution in [1.82, 2.24) is 10.2 Å². The van der Waals surface area contributed by atoms with E-state index in [1.165, 1.54) is 18.2 Å². The van der Waals surface area contributed by atoms with E-state index in [1.807, 2.05) is 19.1 Å². The van der Waals surface area contributed by atoms with Gasteiger partial charge in [-0.2, -0.15) is 0 Å². The number of nitrogens with one attached hydrogen (secondary N) is 2. The summed E-state index contributed by atoms with van der Waals surface area (Å²) >= 11 is 0. The molecule has 1 atom stereocenters. The second kappa shape index (κ2) is 6.59. The number of hydrogen-bond acceptors (Lipinski definition) is 3. The minimum absolute atomic E-state index is 0.00847. The van der Waals surface area contributed by atoms with Crippen LogP contribution in [0, 0.1) is 12.7 Å². The summed E-state index contributed by atoms with van der Waals surface area (Å²) in [5, 5.41) is 4.99. The molecular weight excluding hydrogens is 337 g/mol. The van der Waals surface area contributed by atoms with Gasteiger partial charge >= 0.3 is 6.03 Å². The second-order valence-electron chi connectivity index (χ2n) is 6.34. The van der Waals surface area contributed by atoms with Crippen LogP contribution in [0.5, 0.6) is 0 Å². The van der Waals surface area contributed by atoms with Crippen LogP contribution in [0.15, 0.2) is 48.5 Å². The number of amides is 4. The first-order valence-corrected chi connectivity index (χ1v) is 8.07. The zero-order valence-electron chi connectivity index (χ0n) is 14.4. The normalized spacial score (nSPS) is 19.4. The maximum Gasteiger partial charge on any atom is 0.325 e. The van der Waals surface area contributed by atoms with E-state index in [-0.39, 0.29) is 5.69 Å². The summed E-state index contributed by atoms with van der Waals surface area (Å²) in [6, 6.07) is 12.2. The van der Waals surface area contributed by atoms with Gasteiger partial charge in [-0.1, -0.05) is 42.0 Å². The van der Waals surface area contributed by atoms with Gasteiger partial charge in [-0.3, -0.25) is 14.5 Å². The fraction of sp³-hybridized carbons (Fsp3) is 0.211. The zero-order valence-corrected chi connectivity index (χ0v) is 14.4. The first-order valence-electron chi connectivity index (χ1n) is 8.07. The Bertz CT molecular complexity index is 882. The molecule has 0 radical (unpaired) electrons. The number of hydrogen-bond donors (Lipinski definition) is 2. The van der Waals surface area contributed by atoms with Gasteiger partial charge in [0.2, 0.25) is 5.91 Å². The van der Waals surface area contributed by atoms with Gasteiger partial charge in [0, 0.05) is 0 Å². The number of para-hydroxylation sites is 1. The second-order valence-corrected chi connectivity index (χ2v) is 6.34. The van der Waals surface area contributed by atoms with Crippen molar-refractivity contribution in [3.63, 3.8) is 0 Å². The van der Waals surface area contributed by atoms with E-state index >= 15 is 0 Å². The number of halogens is 1. The van der Waals surface area contributed by atoms with Crippen LogP contribution in [-0.4, -0.2) is 29.3 Å². The first kappa shape index (κ1) is 17.6. The summed E-state index contributed by atoms with van der Waals surface area (Å²) in [6.07, 6.45) is 0. The lowest BCUT2D eigenvalue weighted by Gasteiger charge is -2.22. The van der Waals surface area contributed by atoms with Crippen LogP contribution >= 0.6 is 0 Å². The average Bonchev–Trinajstić information content (AvgIpc) is 2.82. The van der Waals surface area contributed by atoms with Gasteiger partial charge < -0.3 is 10.6 Å². The van der Waals surface area contributed by atoms with Crippen molar-refractivity contribution in [2.45, 2.75) is 19.4 Å². The summed E-state index contributed by atoms with van der Waals surface area (Å²) in [4.78, 5) is 38.0. The lowest BCUT2D eigenvalue weighted by atomic mass is 9.91. The summed E-state index contributed by atoms with van der Waals surface area (Å²) in [6.45, 7) is 3.01. The molecular formula is C19H18FN3O3. The highest BCUT2D eigenvalue weighted by Crippen LogP contribution is 2.29. The fourth-order valence-electron chi connectivity index (χ4n) is 2.82. The number of carbonyl (C=O) groups is 3. The van der Waals surface area contributed by atoms with Crippen molar-refractivity contribution in [3.8, 4) is 0 Å². The number of carbonyl (C=O) groups excluding carboxylic acids is 3. The molecule has 7 heteroatoms. The van der Waals surface area contributed by atoms with Crippen molar-refractivity contribution in [2.24, 2.45) is 0 Å². The van der Waals surface area contributed by atoms with Crippen LogP contribution < -0.4 is 10.6 Å². The van der Waals surface area contributed by atoms with E-state index in [9.17, 15) is 18.8 Å². The van der Waals surface area contributed by atoms with Gasteiger partial charge in [0.25, 0.3) is 5.91 Å². The number of imide groups is 1. The van der Waals surface area contributed by atoms with Crippen LogP contribution in [0.4, 0.5) is 14.9 Å². The third-order valence-electron chi connectivity index (χ3n) is 4.35. The number of anilines is 1. The van der Waals surface area contributed by atoms with Gasteiger partial charge in [0.05, 0.1) is 5.69 Å². The Balaban J connectivity index is 1.76. The molecule has 1 aliphatic rings. The Morgan fingerprint density at radius 1 is 1.15 bits per heavy atom. The predicted octanol–water partition coefficient (Wildman–Crippen LogP) is 2.54. The maximum atomic E-state index is 13.6. The number of benzene rings is 2. The summed E-state index contributed by atoms with van der Waals surface area (Å²) in [7, 11) is 0. The lowest BCUT2D eigenvalue weighted by molar-refractivity contribution is -0.133. The average molecular weight is 355 g/mol. The minimum Gasteiger partial charge on any atom is -0.322 e. The highest BCUT2D eigenvalue weighted by molar-refractivity contribution is 6.10. The smallest absolute Gasteiger partial charge is 0.322 e. The van der Waals surface area contributed by atoms with Crippen LogP contribution in [0.25, 0.3) is 0 Å². The fourth-order valence-corrected chi connectivity index (χ4v) is 2.82. The number of rotatable bonds is 4. The van der Waals surface area contributed by atoms with Crippen LogP contribution in [0.3, 0.4) is 0 Å². The van der Waals surface area contributed by atoms with Crippen LogP contribution in [-0.2, 0) is 15.1 Å². The first-order chi connectivity index (χ1) is 12.3. The molecule has 4 amide bonds. The molecule has 0 spiro atoms. The Kier molecular flexibility index (Phi) is 4.46. The molecule has 26 heavy (non-hydrogen) atoms. The number of urea groups is 1. The van der Waals surface area contributed by atoms with Crippen LogP contribution in [0.1, 0.15) is 18.1 Å². The molecule has 2 aromatic rings. The van der Waals surface area contributed by atoms with Gasteiger partial charge in [0.1, 0.15) is 17.9 Å². The topological polar surface area (TPSA) is 78.5 Å². The van der Waals surface area contributed by atoms with Crippen LogP contribution in [0.2, 0.25) is 0 Å².